The van der Waals surface area contributed by atoms with Crippen LogP contribution in [-0.2, 0) is 19.1 Å². The minimum absolute atomic E-state index is 0.0627. The lowest BCUT2D eigenvalue weighted by Crippen LogP contribution is -2.40. The number of benzene rings is 1. The maximum Gasteiger partial charge on any atom is 0.310 e. The van der Waals surface area contributed by atoms with Gasteiger partial charge in [0.2, 0.25) is 0 Å². The predicted octanol–water partition coefficient (Wildman–Crippen LogP) is 2.75. The third kappa shape index (κ3) is 7.04. The molecule has 0 spiro atoms. The summed E-state index contributed by atoms with van der Waals surface area (Å²) in [6.45, 7) is 9.61. The molecular formula is C20H31NO5. The highest BCUT2D eigenvalue weighted by Crippen LogP contribution is 2.20. The van der Waals surface area contributed by atoms with Gasteiger partial charge >= 0.3 is 5.97 Å². The lowest BCUT2D eigenvalue weighted by atomic mass is 10.1. The molecule has 0 aliphatic carbocycles. The molecule has 6 heteroatoms. The van der Waals surface area contributed by atoms with Gasteiger partial charge in [0.1, 0.15) is 5.75 Å². The van der Waals surface area contributed by atoms with Crippen molar-refractivity contribution >= 4 is 11.9 Å². The van der Waals surface area contributed by atoms with Crippen LogP contribution in [0, 0.1) is 19.8 Å². The van der Waals surface area contributed by atoms with Crippen LogP contribution in [0.2, 0.25) is 0 Å². The highest BCUT2D eigenvalue weighted by atomic mass is 16.5. The van der Waals surface area contributed by atoms with Crippen LogP contribution >= 0.6 is 0 Å². The second kappa shape index (κ2) is 11.5. The Bertz CT molecular complexity index is 588. The first kappa shape index (κ1) is 22.0. The number of carbonyl (C=O) groups is 2. The molecule has 146 valence electrons. The average molecular weight is 365 g/mol. The Morgan fingerprint density at radius 2 is 1.96 bits per heavy atom. The molecule has 6 nitrogen and oxygen atoms in total. The Kier molecular flexibility index (Phi) is 9.73. The summed E-state index contributed by atoms with van der Waals surface area (Å²) in [5.74, 6) is -0.174. The number of methoxy groups -OCH3 is 1. The Hall–Kier alpha value is -2.08. The van der Waals surface area contributed by atoms with Crippen molar-refractivity contribution in [1.82, 2.24) is 4.90 Å². The number of carbonyl (C=O) groups excluding carboxylic acids is 2. The molecular weight excluding hydrogens is 334 g/mol. The van der Waals surface area contributed by atoms with Crippen molar-refractivity contribution < 1.29 is 23.8 Å². The molecule has 0 aromatic heterocycles. The van der Waals surface area contributed by atoms with E-state index < -0.39 is 5.92 Å². The van der Waals surface area contributed by atoms with Gasteiger partial charge < -0.3 is 19.1 Å². The number of ether oxygens (including phenoxy) is 3. The Morgan fingerprint density at radius 3 is 2.62 bits per heavy atom. The summed E-state index contributed by atoms with van der Waals surface area (Å²) >= 11 is 0. The van der Waals surface area contributed by atoms with Crippen molar-refractivity contribution in [3.8, 4) is 5.75 Å². The number of amides is 1. The fourth-order valence-corrected chi connectivity index (χ4v) is 2.54. The summed E-state index contributed by atoms with van der Waals surface area (Å²) in [6.07, 6.45) is 0.705. The minimum atomic E-state index is -0.392. The molecule has 1 aromatic rings. The molecule has 0 heterocycles. The zero-order chi connectivity index (χ0) is 19.5. The number of hydrogen-bond donors (Lipinski definition) is 0. The minimum Gasteiger partial charge on any atom is -0.483 e. The standard InChI is InChI=1S/C20H31NO5/c1-6-25-12-8-11-21(13-16(3)20(23)24-5)19(22)14-26-18-10-7-9-15(2)17(18)4/h7,9-10,16H,6,8,11-14H2,1-5H3. The van der Waals surface area contributed by atoms with E-state index >= 15 is 0 Å². The Labute approximate surface area is 156 Å². The topological polar surface area (TPSA) is 65.1 Å². The van der Waals surface area contributed by atoms with E-state index in [9.17, 15) is 9.59 Å². The first-order valence-corrected chi connectivity index (χ1v) is 9.03. The molecule has 0 saturated carbocycles. The molecule has 0 saturated heterocycles. The zero-order valence-electron chi connectivity index (χ0n) is 16.5. The van der Waals surface area contributed by atoms with E-state index in [0.717, 1.165) is 11.1 Å². The third-order valence-corrected chi connectivity index (χ3v) is 4.28. The van der Waals surface area contributed by atoms with Crippen LogP contribution in [0.3, 0.4) is 0 Å². The van der Waals surface area contributed by atoms with Crippen molar-refractivity contribution in [1.29, 1.82) is 0 Å². The normalized spacial score (nSPS) is 11.7. The van der Waals surface area contributed by atoms with Crippen LogP contribution in [0.1, 0.15) is 31.4 Å². The van der Waals surface area contributed by atoms with Gasteiger partial charge in [0.25, 0.3) is 5.91 Å². The molecule has 1 aromatic carbocycles. The first-order chi connectivity index (χ1) is 12.4. The SMILES string of the molecule is CCOCCCN(CC(C)C(=O)OC)C(=O)COc1cccc(C)c1C. The summed E-state index contributed by atoms with van der Waals surface area (Å²) in [5, 5.41) is 0. The monoisotopic (exact) mass is 365 g/mol. The maximum atomic E-state index is 12.6. The average Bonchev–Trinajstić information content (AvgIpc) is 2.64. The number of rotatable bonds is 11. The molecule has 0 N–H and O–H groups in total. The van der Waals surface area contributed by atoms with Gasteiger partial charge in [-0.2, -0.15) is 0 Å². The molecule has 1 rings (SSSR count). The van der Waals surface area contributed by atoms with E-state index in [1.165, 1.54) is 7.11 Å². The Balaban J connectivity index is 2.69. The summed E-state index contributed by atoms with van der Waals surface area (Å²) in [7, 11) is 1.35. The summed E-state index contributed by atoms with van der Waals surface area (Å²) in [6, 6.07) is 5.76. The van der Waals surface area contributed by atoms with E-state index in [2.05, 4.69) is 0 Å². The van der Waals surface area contributed by atoms with Gasteiger partial charge in [-0.3, -0.25) is 9.59 Å². The second-order valence-corrected chi connectivity index (χ2v) is 6.30. The molecule has 0 aliphatic rings. The van der Waals surface area contributed by atoms with Crippen molar-refractivity contribution in [2.75, 3.05) is 40.0 Å². The first-order valence-electron chi connectivity index (χ1n) is 9.03. The summed E-state index contributed by atoms with van der Waals surface area (Å²) in [5.41, 5.74) is 2.13. The van der Waals surface area contributed by atoms with Gasteiger partial charge in [0.15, 0.2) is 6.61 Å². The van der Waals surface area contributed by atoms with E-state index in [1.54, 1.807) is 11.8 Å². The van der Waals surface area contributed by atoms with Crippen LogP contribution in [0.5, 0.6) is 5.75 Å². The lowest BCUT2D eigenvalue weighted by molar-refractivity contribution is -0.146. The fraction of sp³-hybridized carbons (Fsp3) is 0.600. The fourth-order valence-electron chi connectivity index (χ4n) is 2.54. The van der Waals surface area contributed by atoms with Crippen molar-refractivity contribution in [3.63, 3.8) is 0 Å². The second-order valence-electron chi connectivity index (χ2n) is 6.30. The van der Waals surface area contributed by atoms with Gasteiger partial charge in [0.05, 0.1) is 13.0 Å². The van der Waals surface area contributed by atoms with Crippen LogP contribution in [0.25, 0.3) is 0 Å². The van der Waals surface area contributed by atoms with E-state index in [1.807, 2.05) is 39.0 Å². The van der Waals surface area contributed by atoms with E-state index in [0.29, 0.717) is 38.5 Å². The van der Waals surface area contributed by atoms with Crippen LogP contribution in [0.4, 0.5) is 0 Å². The van der Waals surface area contributed by atoms with Gasteiger partial charge in [0, 0.05) is 26.3 Å². The van der Waals surface area contributed by atoms with E-state index in [-0.39, 0.29) is 18.5 Å². The van der Waals surface area contributed by atoms with Gasteiger partial charge in [-0.1, -0.05) is 19.1 Å². The largest absolute Gasteiger partial charge is 0.483 e. The number of hydrogen-bond acceptors (Lipinski definition) is 5. The smallest absolute Gasteiger partial charge is 0.310 e. The molecule has 26 heavy (non-hydrogen) atoms. The van der Waals surface area contributed by atoms with Crippen LogP contribution < -0.4 is 4.74 Å². The highest BCUT2D eigenvalue weighted by molar-refractivity contribution is 5.79. The summed E-state index contributed by atoms with van der Waals surface area (Å²) in [4.78, 5) is 26.0. The lowest BCUT2D eigenvalue weighted by Gasteiger charge is -2.25. The summed E-state index contributed by atoms with van der Waals surface area (Å²) < 4.78 is 15.8. The molecule has 0 aliphatic heterocycles. The molecule has 1 amide bonds. The van der Waals surface area contributed by atoms with Gasteiger partial charge in [-0.15, -0.1) is 0 Å². The quantitative estimate of drug-likeness (QED) is 0.446. The molecule has 0 fully saturated rings. The predicted molar refractivity (Wildman–Crippen MR) is 100 cm³/mol. The van der Waals surface area contributed by atoms with Crippen molar-refractivity contribution in [3.05, 3.63) is 29.3 Å². The van der Waals surface area contributed by atoms with Crippen LogP contribution in [-0.4, -0.2) is 56.8 Å². The zero-order valence-corrected chi connectivity index (χ0v) is 16.5. The molecule has 1 unspecified atom stereocenters. The molecule has 0 bridgehead atoms. The number of esters is 1. The van der Waals surface area contributed by atoms with Crippen LogP contribution in [0.15, 0.2) is 18.2 Å². The number of aryl methyl sites for hydroxylation is 1. The van der Waals surface area contributed by atoms with Gasteiger partial charge in [-0.25, -0.2) is 0 Å². The third-order valence-electron chi connectivity index (χ3n) is 4.28. The number of nitrogens with zero attached hydrogens (tertiary/aromatic N) is 1. The molecule has 0 radical (unpaired) electrons. The molecule has 1 atom stereocenters. The van der Waals surface area contributed by atoms with E-state index in [4.69, 9.17) is 14.2 Å². The van der Waals surface area contributed by atoms with Gasteiger partial charge in [-0.05, 0) is 44.4 Å². The van der Waals surface area contributed by atoms with Crippen molar-refractivity contribution in [2.45, 2.75) is 34.1 Å². The highest BCUT2D eigenvalue weighted by Gasteiger charge is 2.22. The maximum absolute atomic E-state index is 12.6. The Morgan fingerprint density at radius 1 is 1.23 bits per heavy atom. The van der Waals surface area contributed by atoms with Crippen molar-refractivity contribution in [2.24, 2.45) is 5.92 Å².